The Labute approximate surface area is 179 Å². The van der Waals surface area contributed by atoms with E-state index in [1.54, 1.807) is 60.7 Å². The van der Waals surface area contributed by atoms with Gasteiger partial charge in [0.2, 0.25) is 11.7 Å². The second kappa shape index (κ2) is 9.53. The van der Waals surface area contributed by atoms with Crippen LogP contribution in [0.5, 0.6) is 28.7 Å². The molecule has 0 atom stereocenters. The molecule has 0 spiro atoms. The van der Waals surface area contributed by atoms with Gasteiger partial charge in [-0.2, -0.15) is 0 Å². The highest BCUT2D eigenvalue weighted by Gasteiger charge is 2.15. The van der Waals surface area contributed by atoms with Crippen molar-refractivity contribution in [2.75, 3.05) is 26.6 Å². The fraction of sp³-hybridized carbons (Fsp3) is 0.130. The van der Waals surface area contributed by atoms with Gasteiger partial charge in [-0.05, 0) is 48.5 Å². The molecule has 0 bridgehead atoms. The summed E-state index contributed by atoms with van der Waals surface area (Å²) in [6, 6.07) is 16.4. The molecule has 0 saturated carbocycles. The van der Waals surface area contributed by atoms with Gasteiger partial charge in [-0.3, -0.25) is 9.59 Å². The topological polar surface area (TPSA) is 109 Å². The minimum Gasteiger partial charge on any atom is -0.493 e. The average molecular weight is 422 g/mol. The molecule has 0 unspecified atom stereocenters. The first kappa shape index (κ1) is 21.5. The Hall–Kier alpha value is -4.20. The van der Waals surface area contributed by atoms with Crippen LogP contribution < -0.4 is 30.0 Å². The van der Waals surface area contributed by atoms with Crippen molar-refractivity contribution in [1.29, 1.82) is 0 Å². The molecule has 0 saturated heterocycles. The number of primary amides is 1. The van der Waals surface area contributed by atoms with Crippen molar-refractivity contribution in [2.24, 2.45) is 5.73 Å². The Morgan fingerprint density at radius 2 is 1.23 bits per heavy atom. The second-order valence-corrected chi connectivity index (χ2v) is 6.38. The smallest absolute Gasteiger partial charge is 0.255 e. The molecule has 3 rings (SSSR count). The maximum Gasteiger partial charge on any atom is 0.255 e. The fourth-order valence-electron chi connectivity index (χ4n) is 2.85. The van der Waals surface area contributed by atoms with Gasteiger partial charge in [0, 0.05) is 28.9 Å². The van der Waals surface area contributed by atoms with Gasteiger partial charge in [-0.1, -0.05) is 0 Å². The summed E-state index contributed by atoms with van der Waals surface area (Å²) in [5.41, 5.74) is 6.55. The van der Waals surface area contributed by atoms with Crippen LogP contribution in [0.1, 0.15) is 20.7 Å². The van der Waals surface area contributed by atoms with E-state index in [9.17, 15) is 9.59 Å². The Bertz CT molecular complexity index is 1050. The molecule has 3 aromatic rings. The zero-order valence-corrected chi connectivity index (χ0v) is 17.3. The molecule has 3 N–H and O–H groups in total. The molecule has 3 aromatic carbocycles. The second-order valence-electron chi connectivity index (χ2n) is 6.38. The highest BCUT2D eigenvalue weighted by molar-refractivity contribution is 6.04. The van der Waals surface area contributed by atoms with E-state index < -0.39 is 5.91 Å². The first-order valence-electron chi connectivity index (χ1n) is 9.24. The van der Waals surface area contributed by atoms with Crippen LogP contribution in [0, 0.1) is 0 Å². The third kappa shape index (κ3) is 5.05. The Balaban J connectivity index is 1.71. The van der Waals surface area contributed by atoms with E-state index in [0.29, 0.717) is 45.6 Å². The molecule has 0 fully saturated rings. The van der Waals surface area contributed by atoms with Gasteiger partial charge < -0.3 is 30.0 Å². The van der Waals surface area contributed by atoms with Crippen molar-refractivity contribution < 1.29 is 28.5 Å². The number of hydrogen-bond donors (Lipinski definition) is 2. The average Bonchev–Trinajstić information content (AvgIpc) is 2.79. The largest absolute Gasteiger partial charge is 0.493 e. The summed E-state index contributed by atoms with van der Waals surface area (Å²) in [6.07, 6.45) is 0. The Morgan fingerprint density at radius 3 is 1.65 bits per heavy atom. The number of carbonyl (C=O) groups is 2. The van der Waals surface area contributed by atoms with Crippen LogP contribution >= 0.6 is 0 Å². The monoisotopic (exact) mass is 422 g/mol. The lowest BCUT2D eigenvalue weighted by atomic mass is 10.2. The van der Waals surface area contributed by atoms with Gasteiger partial charge in [-0.25, -0.2) is 0 Å². The molecule has 0 aromatic heterocycles. The molecule has 0 radical (unpaired) electrons. The number of rotatable bonds is 8. The lowest BCUT2D eigenvalue weighted by Gasteiger charge is -2.14. The van der Waals surface area contributed by atoms with Crippen LogP contribution in [0.4, 0.5) is 5.69 Å². The van der Waals surface area contributed by atoms with Gasteiger partial charge >= 0.3 is 0 Å². The molecule has 0 aliphatic rings. The number of ether oxygens (including phenoxy) is 4. The van der Waals surface area contributed by atoms with Crippen LogP contribution in [-0.2, 0) is 0 Å². The quantitative estimate of drug-likeness (QED) is 0.571. The van der Waals surface area contributed by atoms with Crippen LogP contribution in [0.3, 0.4) is 0 Å². The minimum absolute atomic E-state index is 0.313. The number of carbonyl (C=O) groups excluding carboxylic acids is 2. The summed E-state index contributed by atoms with van der Waals surface area (Å²) >= 11 is 0. The molecular weight excluding hydrogens is 400 g/mol. The number of nitrogens with two attached hydrogens (primary N) is 1. The lowest BCUT2D eigenvalue weighted by Crippen LogP contribution is -2.12. The first-order valence-corrected chi connectivity index (χ1v) is 9.24. The minimum atomic E-state index is -0.506. The summed E-state index contributed by atoms with van der Waals surface area (Å²) in [4.78, 5) is 23.8. The molecule has 160 valence electrons. The molecular formula is C23H22N2O6. The third-order valence-electron chi connectivity index (χ3n) is 4.41. The van der Waals surface area contributed by atoms with E-state index in [0.717, 1.165) is 0 Å². The Morgan fingerprint density at radius 1 is 0.742 bits per heavy atom. The number of anilines is 1. The van der Waals surface area contributed by atoms with Crippen LogP contribution in [-0.4, -0.2) is 33.1 Å². The molecule has 31 heavy (non-hydrogen) atoms. The highest BCUT2D eigenvalue weighted by atomic mass is 16.5. The third-order valence-corrected chi connectivity index (χ3v) is 4.41. The highest BCUT2D eigenvalue weighted by Crippen LogP contribution is 2.40. The fourth-order valence-corrected chi connectivity index (χ4v) is 2.85. The molecule has 0 heterocycles. The van der Waals surface area contributed by atoms with Gasteiger partial charge in [0.25, 0.3) is 5.91 Å². The standard InChI is InChI=1S/C23H22N2O6/c1-28-19-12-16(13-20(29-2)21(19)30-3)25-23(27)15-6-10-18(11-7-15)31-17-8-4-14(5-9-17)22(24)26/h4-13H,1-3H3,(H2,24,26)(H,25,27). The van der Waals surface area contributed by atoms with Crippen molar-refractivity contribution in [1.82, 2.24) is 0 Å². The summed E-state index contributed by atoms with van der Waals surface area (Å²) in [5, 5.41) is 2.81. The molecule has 8 nitrogen and oxygen atoms in total. The normalized spacial score (nSPS) is 10.2. The van der Waals surface area contributed by atoms with Crippen LogP contribution in [0.15, 0.2) is 60.7 Å². The van der Waals surface area contributed by atoms with Crippen molar-refractivity contribution in [3.05, 3.63) is 71.8 Å². The zero-order chi connectivity index (χ0) is 22.4. The van der Waals surface area contributed by atoms with Gasteiger partial charge in [-0.15, -0.1) is 0 Å². The van der Waals surface area contributed by atoms with Crippen LogP contribution in [0.2, 0.25) is 0 Å². The molecule has 8 heteroatoms. The van der Waals surface area contributed by atoms with Crippen molar-refractivity contribution in [3.63, 3.8) is 0 Å². The summed E-state index contributed by atoms with van der Waals surface area (Å²) < 4.78 is 21.6. The molecule has 2 amide bonds. The van der Waals surface area contributed by atoms with Crippen molar-refractivity contribution in [3.8, 4) is 28.7 Å². The van der Waals surface area contributed by atoms with Gasteiger partial charge in [0.1, 0.15) is 11.5 Å². The summed E-state index contributed by atoms with van der Waals surface area (Å²) in [7, 11) is 4.51. The number of nitrogens with one attached hydrogen (secondary N) is 1. The van der Waals surface area contributed by atoms with Crippen molar-refractivity contribution in [2.45, 2.75) is 0 Å². The predicted octanol–water partition coefficient (Wildman–Crippen LogP) is 3.86. The number of methoxy groups -OCH3 is 3. The molecule has 0 aliphatic carbocycles. The van der Waals surface area contributed by atoms with E-state index in [1.807, 2.05) is 0 Å². The van der Waals surface area contributed by atoms with Gasteiger partial charge in [0.05, 0.1) is 21.3 Å². The maximum atomic E-state index is 12.6. The van der Waals surface area contributed by atoms with Crippen molar-refractivity contribution >= 4 is 17.5 Å². The number of benzene rings is 3. The maximum absolute atomic E-state index is 12.6. The molecule has 0 aliphatic heterocycles. The van der Waals surface area contributed by atoms with Gasteiger partial charge in [0.15, 0.2) is 11.5 Å². The number of hydrogen-bond acceptors (Lipinski definition) is 6. The lowest BCUT2D eigenvalue weighted by molar-refractivity contribution is 0.0997. The summed E-state index contributed by atoms with van der Waals surface area (Å²) in [5.74, 6) is 1.57. The van der Waals surface area contributed by atoms with Crippen LogP contribution in [0.25, 0.3) is 0 Å². The summed E-state index contributed by atoms with van der Waals surface area (Å²) in [6.45, 7) is 0. The first-order chi connectivity index (χ1) is 14.9. The van der Waals surface area contributed by atoms with E-state index in [4.69, 9.17) is 24.7 Å². The van der Waals surface area contributed by atoms with E-state index >= 15 is 0 Å². The SMILES string of the molecule is COc1cc(NC(=O)c2ccc(Oc3ccc(C(N)=O)cc3)cc2)cc(OC)c1OC. The Kier molecular flexibility index (Phi) is 6.61. The van der Waals surface area contributed by atoms with E-state index in [1.165, 1.54) is 21.3 Å². The zero-order valence-electron chi connectivity index (χ0n) is 17.3. The predicted molar refractivity (Wildman–Crippen MR) is 116 cm³/mol. The van der Waals surface area contributed by atoms with E-state index in [-0.39, 0.29) is 5.91 Å². The van der Waals surface area contributed by atoms with E-state index in [2.05, 4.69) is 5.32 Å². The number of amides is 2.